The van der Waals surface area contributed by atoms with Gasteiger partial charge < -0.3 is 5.73 Å². The molecule has 5 heteroatoms. The number of nitrogens with two attached hydrogens (primary N) is 1. The van der Waals surface area contributed by atoms with Crippen LogP contribution in [-0.2, 0) is 6.42 Å². The van der Waals surface area contributed by atoms with E-state index in [1.54, 1.807) is 36.7 Å². The molecule has 2 heterocycles. The zero-order valence-electron chi connectivity index (χ0n) is 11.4. The van der Waals surface area contributed by atoms with E-state index in [-0.39, 0.29) is 24.4 Å². The summed E-state index contributed by atoms with van der Waals surface area (Å²) in [7, 11) is 0. The molecule has 1 aromatic carbocycles. The van der Waals surface area contributed by atoms with Crippen molar-refractivity contribution in [1.82, 2.24) is 9.88 Å². The zero-order valence-corrected chi connectivity index (χ0v) is 11.4. The third-order valence-electron chi connectivity index (χ3n) is 3.52. The molecule has 0 saturated heterocycles. The van der Waals surface area contributed by atoms with Gasteiger partial charge in [0.15, 0.2) is 0 Å². The summed E-state index contributed by atoms with van der Waals surface area (Å²) in [4.78, 5) is 29.7. The highest BCUT2D eigenvalue weighted by Crippen LogP contribution is 2.22. The lowest BCUT2D eigenvalue weighted by Crippen LogP contribution is -2.41. The molecule has 2 aromatic rings. The Bertz CT molecular complexity index is 650. The van der Waals surface area contributed by atoms with Gasteiger partial charge in [0, 0.05) is 25.0 Å². The molecule has 0 saturated carbocycles. The lowest BCUT2D eigenvalue weighted by Gasteiger charge is -2.19. The van der Waals surface area contributed by atoms with Crippen LogP contribution >= 0.6 is 0 Å². The number of rotatable bonds is 4. The van der Waals surface area contributed by atoms with Crippen LogP contribution in [-0.4, -0.2) is 34.3 Å². The quantitative estimate of drug-likeness (QED) is 0.856. The van der Waals surface area contributed by atoms with Crippen LogP contribution in [0.5, 0.6) is 0 Å². The SMILES string of the molecule is NC(Cc1cccnc1)CN1C(=O)c2ccccc2C1=O. The van der Waals surface area contributed by atoms with Gasteiger partial charge in [0.2, 0.25) is 0 Å². The molecule has 106 valence electrons. The number of carbonyl (C=O) groups excluding carboxylic acids is 2. The summed E-state index contributed by atoms with van der Waals surface area (Å²) in [5.74, 6) is -0.533. The standard InChI is InChI=1S/C16H15N3O2/c17-12(8-11-4-3-7-18-9-11)10-19-15(20)13-5-1-2-6-14(13)16(19)21/h1-7,9,12H,8,10,17H2. The number of imide groups is 1. The summed E-state index contributed by atoms with van der Waals surface area (Å²) in [5, 5.41) is 0. The van der Waals surface area contributed by atoms with Crippen molar-refractivity contribution in [3.8, 4) is 0 Å². The highest BCUT2D eigenvalue weighted by Gasteiger charge is 2.35. The van der Waals surface area contributed by atoms with Gasteiger partial charge in [0.05, 0.1) is 11.1 Å². The number of pyridine rings is 1. The van der Waals surface area contributed by atoms with E-state index in [0.29, 0.717) is 17.5 Å². The van der Waals surface area contributed by atoms with Crippen LogP contribution < -0.4 is 5.73 Å². The molecule has 0 spiro atoms. The smallest absolute Gasteiger partial charge is 0.261 e. The summed E-state index contributed by atoms with van der Waals surface area (Å²) >= 11 is 0. The van der Waals surface area contributed by atoms with Crippen molar-refractivity contribution >= 4 is 11.8 Å². The largest absolute Gasteiger partial charge is 0.326 e. The van der Waals surface area contributed by atoms with Crippen LogP contribution in [0.15, 0.2) is 48.8 Å². The van der Waals surface area contributed by atoms with Crippen LogP contribution in [0.3, 0.4) is 0 Å². The second-order valence-corrected chi connectivity index (χ2v) is 5.09. The summed E-state index contributed by atoms with van der Waals surface area (Å²) in [5.41, 5.74) is 7.97. The molecule has 0 bridgehead atoms. The molecule has 1 aliphatic rings. The van der Waals surface area contributed by atoms with Gasteiger partial charge in [-0.3, -0.25) is 19.5 Å². The number of amides is 2. The summed E-state index contributed by atoms with van der Waals surface area (Å²) in [6.45, 7) is 0.210. The Kier molecular flexibility index (Phi) is 3.50. The summed E-state index contributed by atoms with van der Waals surface area (Å²) in [6.07, 6.45) is 4.00. The van der Waals surface area contributed by atoms with Crippen LogP contribution in [0, 0.1) is 0 Å². The molecule has 1 aliphatic heterocycles. The maximum Gasteiger partial charge on any atom is 0.261 e. The minimum absolute atomic E-state index is 0.210. The maximum atomic E-state index is 12.2. The second kappa shape index (κ2) is 5.46. The fourth-order valence-electron chi connectivity index (χ4n) is 2.53. The molecule has 0 aliphatic carbocycles. The number of hydrogen-bond acceptors (Lipinski definition) is 4. The topological polar surface area (TPSA) is 76.3 Å². The first kappa shape index (κ1) is 13.5. The van der Waals surface area contributed by atoms with Crippen LogP contribution in [0.2, 0.25) is 0 Å². The van der Waals surface area contributed by atoms with E-state index in [4.69, 9.17) is 5.73 Å². The first-order chi connectivity index (χ1) is 10.2. The fourth-order valence-corrected chi connectivity index (χ4v) is 2.53. The third-order valence-corrected chi connectivity index (χ3v) is 3.52. The molecule has 2 N–H and O–H groups in total. The van der Waals surface area contributed by atoms with E-state index in [9.17, 15) is 9.59 Å². The molecule has 0 radical (unpaired) electrons. The van der Waals surface area contributed by atoms with Crippen LogP contribution in [0.25, 0.3) is 0 Å². The second-order valence-electron chi connectivity index (χ2n) is 5.09. The lowest BCUT2D eigenvalue weighted by atomic mass is 10.1. The Morgan fingerprint density at radius 3 is 2.29 bits per heavy atom. The van der Waals surface area contributed by atoms with E-state index in [0.717, 1.165) is 5.56 Å². The Morgan fingerprint density at radius 1 is 1.05 bits per heavy atom. The fraction of sp³-hybridized carbons (Fsp3) is 0.188. The lowest BCUT2D eigenvalue weighted by molar-refractivity contribution is 0.0644. The number of fused-ring (bicyclic) bond motifs is 1. The monoisotopic (exact) mass is 281 g/mol. The van der Waals surface area contributed by atoms with E-state index in [1.807, 2.05) is 12.1 Å². The third kappa shape index (κ3) is 2.55. The molecule has 5 nitrogen and oxygen atoms in total. The van der Waals surface area contributed by atoms with E-state index >= 15 is 0 Å². The van der Waals surface area contributed by atoms with Crippen LogP contribution in [0.4, 0.5) is 0 Å². The molecule has 1 atom stereocenters. The molecule has 21 heavy (non-hydrogen) atoms. The van der Waals surface area contributed by atoms with E-state index in [2.05, 4.69) is 4.98 Å². The number of benzene rings is 1. The van der Waals surface area contributed by atoms with Gasteiger partial charge in [-0.15, -0.1) is 0 Å². The molecule has 1 aromatic heterocycles. The number of hydrogen-bond donors (Lipinski definition) is 1. The van der Waals surface area contributed by atoms with Gasteiger partial charge in [-0.1, -0.05) is 18.2 Å². The average molecular weight is 281 g/mol. The van der Waals surface area contributed by atoms with Gasteiger partial charge >= 0.3 is 0 Å². The molecule has 1 unspecified atom stereocenters. The Morgan fingerprint density at radius 2 is 1.71 bits per heavy atom. The van der Waals surface area contributed by atoms with Crippen molar-refractivity contribution in [3.63, 3.8) is 0 Å². The average Bonchev–Trinajstić information content (AvgIpc) is 2.74. The van der Waals surface area contributed by atoms with Crippen molar-refractivity contribution in [1.29, 1.82) is 0 Å². The Labute approximate surface area is 122 Å². The summed E-state index contributed by atoms with van der Waals surface area (Å²) < 4.78 is 0. The Hall–Kier alpha value is -2.53. The highest BCUT2D eigenvalue weighted by atomic mass is 16.2. The number of carbonyl (C=O) groups is 2. The van der Waals surface area contributed by atoms with Crippen molar-refractivity contribution < 1.29 is 9.59 Å². The maximum absolute atomic E-state index is 12.2. The number of aromatic nitrogens is 1. The minimum atomic E-state index is -0.309. The van der Waals surface area contributed by atoms with Crippen molar-refractivity contribution in [2.75, 3.05) is 6.54 Å². The van der Waals surface area contributed by atoms with Gasteiger partial charge in [0.1, 0.15) is 0 Å². The van der Waals surface area contributed by atoms with Crippen LogP contribution in [0.1, 0.15) is 26.3 Å². The van der Waals surface area contributed by atoms with E-state index in [1.165, 1.54) is 4.90 Å². The van der Waals surface area contributed by atoms with Crippen molar-refractivity contribution in [2.24, 2.45) is 5.73 Å². The molecular formula is C16H15N3O2. The normalized spacial score (nSPS) is 15.2. The van der Waals surface area contributed by atoms with Gasteiger partial charge in [-0.05, 0) is 30.2 Å². The first-order valence-corrected chi connectivity index (χ1v) is 6.76. The highest BCUT2D eigenvalue weighted by molar-refractivity contribution is 6.21. The van der Waals surface area contributed by atoms with Gasteiger partial charge in [0.25, 0.3) is 11.8 Å². The number of nitrogens with zero attached hydrogens (tertiary/aromatic N) is 2. The van der Waals surface area contributed by atoms with Gasteiger partial charge in [-0.25, -0.2) is 0 Å². The van der Waals surface area contributed by atoms with Gasteiger partial charge in [-0.2, -0.15) is 0 Å². The minimum Gasteiger partial charge on any atom is -0.326 e. The first-order valence-electron chi connectivity index (χ1n) is 6.76. The van der Waals surface area contributed by atoms with Crippen molar-refractivity contribution in [2.45, 2.75) is 12.5 Å². The Balaban J connectivity index is 1.72. The zero-order chi connectivity index (χ0) is 14.8. The predicted molar refractivity (Wildman–Crippen MR) is 77.7 cm³/mol. The van der Waals surface area contributed by atoms with Crippen molar-refractivity contribution in [3.05, 3.63) is 65.5 Å². The molecule has 0 fully saturated rings. The molecular weight excluding hydrogens is 266 g/mol. The summed E-state index contributed by atoms with van der Waals surface area (Å²) in [6, 6.07) is 10.3. The molecule has 2 amide bonds. The predicted octanol–water partition coefficient (Wildman–Crippen LogP) is 1.25. The van der Waals surface area contributed by atoms with E-state index < -0.39 is 0 Å². The molecule has 3 rings (SSSR count).